The number of nitrogens with one attached hydrogen (secondary N) is 1. The summed E-state index contributed by atoms with van der Waals surface area (Å²) in [5, 5.41) is 8.00. The zero-order valence-electron chi connectivity index (χ0n) is 19.1. The lowest BCUT2D eigenvalue weighted by Gasteiger charge is -2.16. The van der Waals surface area contributed by atoms with Gasteiger partial charge in [-0.3, -0.25) is 14.2 Å². The Hall–Kier alpha value is -3.42. The second kappa shape index (κ2) is 8.98. The number of thioether (sulfide) groups is 1. The van der Waals surface area contributed by atoms with Crippen LogP contribution in [0.3, 0.4) is 0 Å². The van der Waals surface area contributed by atoms with E-state index in [9.17, 15) is 9.59 Å². The average molecular weight is 498 g/mol. The number of anilines is 1. The van der Waals surface area contributed by atoms with E-state index in [0.717, 1.165) is 50.8 Å². The topological polar surface area (TPSA) is 64.0 Å². The molecule has 1 atom stereocenters. The number of carbonyl (C=O) groups excluding carboxylic acids is 1. The number of thiophene rings is 1. The molecule has 1 saturated carbocycles. The van der Waals surface area contributed by atoms with Crippen molar-refractivity contribution in [3.8, 4) is 5.69 Å². The molecule has 1 aliphatic rings. The van der Waals surface area contributed by atoms with Crippen LogP contribution in [-0.4, -0.2) is 20.7 Å². The van der Waals surface area contributed by atoms with Crippen LogP contribution in [0.1, 0.15) is 31.2 Å². The summed E-state index contributed by atoms with van der Waals surface area (Å²) in [6.45, 7) is 1.85. The van der Waals surface area contributed by atoms with E-state index in [4.69, 9.17) is 4.98 Å². The number of hydrogen-bond acceptors (Lipinski definition) is 5. The first-order valence-electron chi connectivity index (χ1n) is 11.6. The standard InChI is InChI=1S/C28H23N3O2S2/c1-17(25(32)29-23-13-7-9-18-8-5-6-12-21(18)23)35-28-30-26-24(22(16-34-26)19-14-15-19)27(33)31(28)20-10-3-2-4-11-20/h2-13,16-17,19H,14-15H2,1H3,(H,29,32)/t17-/m1/s1. The fourth-order valence-electron chi connectivity index (χ4n) is 4.35. The zero-order chi connectivity index (χ0) is 23.9. The predicted molar refractivity (Wildman–Crippen MR) is 145 cm³/mol. The van der Waals surface area contributed by atoms with Gasteiger partial charge in [0.05, 0.1) is 16.3 Å². The summed E-state index contributed by atoms with van der Waals surface area (Å²) in [4.78, 5) is 32.6. The van der Waals surface area contributed by atoms with Crippen molar-refractivity contribution in [1.82, 2.24) is 9.55 Å². The maximum absolute atomic E-state index is 13.8. The second-order valence-corrected chi connectivity index (χ2v) is 11.0. The largest absolute Gasteiger partial charge is 0.325 e. The molecule has 1 fully saturated rings. The Kier molecular flexibility index (Phi) is 5.66. The van der Waals surface area contributed by atoms with Crippen LogP contribution in [0.15, 0.2) is 88.1 Å². The highest BCUT2D eigenvalue weighted by molar-refractivity contribution is 8.00. The summed E-state index contributed by atoms with van der Waals surface area (Å²) in [6, 6.07) is 23.4. The van der Waals surface area contributed by atoms with Crippen LogP contribution in [0.5, 0.6) is 0 Å². The molecule has 0 aliphatic heterocycles. The number of para-hydroxylation sites is 1. The van der Waals surface area contributed by atoms with Gasteiger partial charge in [-0.05, 0) is 60.2 Å². The minimum Gasteiger partial charge on any atom is -0.325 e. The van der Waals surface area contributed by atoms with Gasteiger partial charge in [-0.15, -0.1) is 11.3 Å². The highest BCUT2D eigenvalue weighted by Crippen LogP contribution is 2.44. The van der Waals surface area contributed by atoms with Gasteiger partial charge in [0.15, 0.2) is 5.16 Å². The van der Waals surface area contributed by atoms with Crippen LogP contribution < -0.4 is 10.9 Å². The van der Waals surface area contributed by atoms with Gasteiger partial charge in [-0.1, -0.05) is 66.4 Å². The minimum atomic E-state index is -0.462. The van der Waals surface area contributed by atoms with Gasteiger partial charge < -0.3 is 5.32 Å². The van der Waals surface area contributed by atoms with Crippen molar-refractivity contribution in [2.24, 2.45) is 0 Å². The van der Waals surface area contributed by atoms with Crippen molar-refractivity contribution in [1.29, 1.82) is 0 Å². The third-order valence-corrected chi connectivity index (χ3v) is 8.28. The van der Waals surface area contributed by atoms with Gasteiger partial charge in [-0.2, -0.15) is 0 Å². The number of benzene rings is 3. The Morgan fingerprint density at radius 2 is 1.80 bits per heavy atom. The van der Waals surface area contributed by atoms with Crippen LogP contribution in [0.2, 0.25) is 0 Å². The van der Waals surface area contributed by atoms with E-state index in [1.165, 1.54) is 23.1 Å². The van der Waals surface area contributed by atoms with Crippen molar-refractivity contribution < 1.29 is 4.79 Å². The number of nitrogens with zero attached hydrogens (tertiary/aromatic N) is 2. The van der Waals surface area contributed by atoms with Gasteiger partial charge in [-0.25, -0.2) is 4.98 Å². The third-order valence-electron chi connectivity index (χ3n) is 6.34. The fourth-order valence-corrected chi connectivity index (χ4v) is 6.34. The molecular weight excluding hydrogens is 474 g/mol. The van der Waals surface area contributed by atoms with Crippen LogP contribution in [0.4, 0.5) is 5.69 Å². The number of hydrogen-bond donors (Lipinski definition) is 1. The first kappa shape index (κ1) is 22.1. The van der Waals surface area contributed by atoms with Crippen molar-refractivity contribution in [3.05, 3.63) is 94.1 Å². The smallest absolute Gasteiger partial charge is 0.267 e. The van der Waals surface area contributed by atoms with E-state index in [1.807, 2.05) is 79.7 Å². The van der Waals surface area contributed by atoms with E-state index in [2.05, 4.69) is 10.7 Å². The molecule has 0 radical (unpaired) electrons. The summed E-state index contributed by atoms with van der Waals surface area (Å²) in [5.41, 5.74) is 2.58. The van der Waals surface area contributed by atoms with Crippen LogP contribution in [0, 0.1) is 0 Å². The number of aromatic nitrogens is 2. The molecule has 1 aliphatic carbocycles. The highest BCUT2D eigenvalue weighted by atomic mass is 32.2. The molecule has 0 unspecified atom stereocenters. The molecule has 2 aromatic heterocycles. The molecule has 6 rings (SSSR count). The van der Waals surface area contributed by atoms with Gasteiger partial charge in [0, 0.05) is 11.1 Å². The summed E-state index contributed by atoms with van der Waals surface area (Å²) >= 11 is 2.82. The number of fused-ring (bicyclic) bond motifs is 2. The molecule has 174 valence electrons. The summed E-state index contributed by atoms with van der Waals surface area (Å²) < 4.78 is 1.66. The molecule has 1 N–H and O–H groups in total. The maximum atomic E-state index is 13.8. The monoisotopic (exact) mass is 497 g/mol. The predicted octanol–water partition coefficient (Wildman–Crippen LogP) is 6.60. The Morgan fingerprint density at radius 1 is 1.06 bits per heavy atom. The van der Waals surface area contributed by atoms with Crippen LogP contribution >= 0.6 is 23.1 Å². The van der Waals surface area contributed by atoms with Gasteiger partial charge in [0.1, 0.15) is 4.83 Å². The van der Waals surface area contributed by atoms with E-state index in [1.54, 1.807) is 4.57 Å². The van der Waals surface area contributed by atoms with Crippen molar-refractivity contribution in [3.63, 3.8) is 0 Å². The lowest BCUT2D eigenvalue weighted by Crippen LogP contribution is -2.26. The SMILES string of the molecule is C[C@@H](Sc1nc2scc(C3CC3)c2c(=O)n1-c1ccccc1)C(=O)Nc1cccc2ccccc12. The normalized spacial score (nSPS) is 14.3. The van der Waals surface area contributed by atoms with Crippen LogP contribution in [0.25, 0.3) is 26.7 Å². The first-order valence-corrected chi connectivity index (χ1v) is 13.4. The molecular formula is C28H23N3O2S2. The molecule has 5 nitrogen and oxygen atoms in total. The molecule has 0 bridgehead atoms. The van der Waals surface area contributed by atoms with E-state index in [0.29, 0.717) is 11.1 Å². The Balaban J connectivity index is 1.37. The average Bonchev–Trinajstić information content (AvgIpc) is 3.64. The molecule has 0 saturated heterocycles. The molecule has 5 aromatic rings. The number of carbonyl (C=O) groups is 1. The Bertz CT molecular complexity index is 1620. The summed E-state index contributed by atoms with van der Waals surface area (Å²) in [6.07, 6.45) is 2.25. The van der Waals surface area contributed by atoms with Crippen LogP contribution in [-0.2, 0) is 4.79 Å². The van der Waals surface area contributed by atoms with E-state index in [-0.39, 0.29) is 11.5 Å². The van der Waals surface area contributed by atoms with Crippen molar-refractivity contribution in [2.75, 3.05) is 5.32 Å². The third kappa shape index (κ3) is 4.15. The Labute approximate surface area is 210 Å². The fraction of sp³-hybridized carbons (Fsp3) is 0.179. The molecule has 0 spiro atoms. The molecule has 7 heteroatoms. The Morgan fingerprint density at radius 3 is 2.60 bits per heavy atom. The summed E-state index contributed by atoms with van der Waals surface area (Å²) in [7, 11) is 0. The van der Waals surface area contributed by atoms with Gasteiger partial charge in [0.2, 0.25) is 5.91 Å². The molecule has 2 heterocycles. The summed E-state index contributed by atoms with van der Waals surface area (Å²) in [5.74, 6) is 0.330. The lowest BCUT2D eigenvalue weighted by molar-refractivity contribution is -0.115. The molecule has 35 heavy (non-hydrogen) atoms. The van der Waals surface area contributed by atoms with E-state index < -0.39 is 5.25 Å². The van der Waals surface area contributed by atoms with Gasteiger partial charge >= 0.3 is 0 Å². The minimum absolute atomic E-state index is 0.0616. The molecule has 1 amide bonds. The van der Waals surface area contributed by atoms with Crippen molar-refractivity contribution >= 4 is 55.7 Å². The first-order chi connectivity index (χ1) is 17.1. The highest BCUT2D eigenvalue weighted by Gasteiger charge is 2.29. The number of rotatable bonds is 6. The second-order valence-electron chi connectivity index (χ2n) is 8.79. The zero-order valence-corrected chi connectivity index (χ0v) is 20.7. The van der Waals surface area contributed by atoms with E-state index >= 15 is 0 Å². The molecule has 3 aromatic carbocycles. The maximum Gasteiger partial charge on any atom is 0.267 e. The van der Waals surface area contributed by atoms with Gasteiger partial charge in [0.25, 0.3) is 5.56 Å². The lowest BCUT2D eigenvalue weighted by atomic mass is 10.1. The quantitative estimate of drug-likeness (QED) is 0.212. The number of amides is 1. The van der Waals surface area contributed by atoms with Crippen molar-refractivity contribution in [2.45, 2.75) is 36.1 Å².